The maximum atomic E-state index is 12.8. The highest BCUT2D eigenvalue weighted by atomic mass is 19.4. The molecule has 2 aromatic carbocycles. The van der Waals surface area contributed by atoms with E-state index in [1.807, 2.05) is 0 Å². The van der Waals surface area contributed by atoms with Gasteiger partial charge in [0.2, 0.25) is 0 Å². The second-order valence-electron chi connectivity index (χ2n) is 4.79. The van der Waals surface area contributed by atoms with E-state index in [2.05, 4.69) is 4.98 Å². The first kappa shape index (κ1) is 13.5. The Morgan fingerprint density at radius 1 is 1.14 bits per heavy atom. The lowest BCUT2D eigenvalue weighted by atomic mass is 10.1. The van der Waals surface area contributed by atoms with Crippen molar-refractivity contribution in [3.8, 4) is 0 Å². The van der Waals surface area contributed by atoms with Crippen molar-refractivity contribution >= 4 is 27.8 Å². The molecular weight excluding hydrogens is 283 g/mol. The summed E-state index contributed by atoms with van der Waals surface area (Å²) in [6, 6.07) is 8.43. The van der Waals surface area contributed by atoms with E-state index in [9.17, 15) is 18.0 Å². The van der Waals surface area contributed by atoms with Crippen LogP contribution in [-0.2, 0) is 17.4 Å². The van der Waals surface area contributed by atoms with Crippen LogP contribution in [0.15, 0.2) is 36.4 Å². The molecule has 2 N–H and O–H groups in total. The summed E-state index contributed by atoms with van der Waals surface area (Å²) in [5.41, 5.74) is 0.939. The number of para-hydroxylation sites is 1. The van der Waals surface area contributed by atoms with Crippen LogP contribution in [0.4, 0.5) is 13.2 Å². The van der Waals surface area contributed by atoms with Gasteiger partial charge in [-0.2, -0.15) is 13.2 Å². The second kappa shape index (κ2) is 4.51. The average molecular weight is 293 g/mol. The minimum absolute atomic E-state index is 0.184. The number of carboxylic acids is 1. The minimum atomic E-state index is -4.41. The number of rotatable bonds is 2. The molecule has 3 nitrogen and oxygen atoms in total. The van der Waals surface area contributed by atoms with Gasteiger partial charge in [0, 0.05) is 16.3 Å². The number of nitrogens with one attached hydrogen (secondary N) is 1. The highest BCUT2D eigenvalue weighted by Crippen LogP contribution is 2.34. The summed E-state index contributed by atoms with van der Waals surface area (Å²) in [4.78, 5) is 13.9. The summed E-state index contributed by atoms with van der Waals surface area (Å²) < 4.78 is 38.4. The third-order valence-corrected chi connectivity index (χ3v) is 3.39. The summed E-state index contributed by atoms with van der Waals surface area (Å²) in [6.07, 6.45) is -4.59. The molecule has 21 heavy (non-hydrogen) atoms. The number of fused-ring (bicyclic) bond motifs is 3. The number of hydrogen-bond donors (Lipinski definition) is 2. The van der Waals surface area contributed by atoms with Crippen LogP contribution in [0.5, 0.6) is 0 Å². The van der Waals surface area contributed by atoms with Gasteiger partial charge in [0.1, 0.15) is 0 Å². The van der Waals surface area contributed by atoms with Crippen LogP contribution in [0, 0.1) is 0 Å². The third kappa shape index (κ3) is 2.33. The number of carbonyl (C=O) groups is 1. The summed E-state index contributed by atoms with van der Waals surface area (Å²) in [7, 11) is 0. The highest BCUT2D eigenvalue weighted by molar-refractivity contribution is 6.08. The number of hydrogen-bond acceptors (Lipinski definition) is 1. The molecule has 3 aromatic rings. The fraction of sp³-hybridized carbons (Fsp3) is 0.133. The molecule has 0 unspecified atom stereocenters. The predicted octanol–water partition coefficient (Wildman–Crippen LogP) is 3.97. The smallest absolute Gasteiger partial charge is 0.416 e. The highest BCUT2D eigenvalue weighted by Gasteiger charge is 2.30. The van der Waals surface area contributed by atoms with Gasteiger partial charge in [-0.25, -0.2) is 0 Å². The quantitative estimate of drug-likeness (QED) is 0.751. The molecule has 0 aliphatic heterocycles. The number of aromatic amines is 1. The first-order valence-electron chi connectivity index (χ1n) is 6.18. The number of benzene rings is 2. The van der Waals surface area contributed by atoms with Crippen molar-refractivity contribution in [3.05, 3.63) is 47.5 Å². The first-order chi connectivity index (χ1) is 9.86. The first-order valence-corrected chi connectivity index (χ1v) is 6.18. The number of halogens is 3. The van der Waals surface area contributed by atoms with E-state index in [1.165, 1.54) is 6.07 Å². The van der Waals surface area contributed by atoms with Crippen LogP contribution in [0.2, 0.25) is 0 Å². The lowest BCUT2D eigenvalue weighted by Gasteiger charge is -2.05. The number of aliphatic carboxylic acids is 1. The number of aromatic nitrogens is 1. The van der Waals surface area contributed by atoms with Gasteiger partial charge in [-0.15, -0.1) is 0 Å². The molecule has 108 valence electrons. The van der Waals surface area contributed by atoms with Crippen LogP contribution < -0.4 is 0 Å². The molecule has 0 aliphatic carbocycles. The second-order valence-corrected chi connectivity index (χ2v) is 4.79. The summed E-state index contributed by atoms with van der Waals surface area (Å²) >= 11 is 0. The van der Waals surface area contributed by atoms with Gasteiger partial charge >= 0.3 is 12.1 Å². The minimum Gasteiger partial charge on any atom is -0.481 e. The molecule has 0 saturated carbocycles. The number of carboxylic acid groups (broad SMARTS) is 1. The molecule has 6 heteroatoms. The lowest BCUT2D eigenvalue weighted by Crippen LogP contribution is -2.03. The van der Waals surface area contributed by atoms with E-state index < -0.39 is 17.7 Å². The van der Waals surface area contributed by atoms with E-state index in [4.69, 9.17) is 5.11 Å². The Labute approximate surface area is 117 Å². The SMILES string of the molecule is O=C(O)Cc1cccc2c1[nH]c1ccc(C(F)(F)F)cc12. The van der Waals surface area contributed by atoms with Crippen LogP contribution in [-0.4, -0.2) is 16.1 Å². The molecule has 0 fully saturated rings. The topological polar surface area (TPSA) is 53.1 Å². The molecule has 0 spiro atoms. The molecule has 1 heterocycles. The molecule has 0 amide bonds. The summed E-state index contributed by atoms with van der Waals surface area (Å²) in [5.74, 6) is -0.989. The Bertz CT molecular complexity index is 849. The Morgan fingerprint density at radius 3 is 2.57 bits per heavy atom. The van der Waals surface area contributed by atoms with Gasteiger partial charge in [0.05, 0.1) is 17.5 Å². The van der Waals surface area contributed by atoms with Gasteiger partial charge in [0.25, 0.3) is 0 Å². The monoisotopic (exact) mass is 293 g/mol. The summed E-state index contributed by atoms with van der Waals surface area (Å²) in [6.45, 7) is 0. The van der Waals surface area contributed by atoms with Crippen molar-refractivity contribution in [2.45, 2.75) is 12.6 Å². The van der Waals surface area contributed by atoms with E-state index in [-0.39, 0.29) is 6.42 Å². The fourth-order valence-corrected chi connectivity index (χ4v) is 2.47. The van der Waals surface area contributed by atoms with Crippen molar-refractivity contribution in [2.24, 2.45) is 0 Å². The molecule has 3 rings (SSSR count). The molecular formula is C15H10F3NO2. The van der Waals surface area contributed by atoms with E-state index >= 15 is 0 Å². The van der Waals surface area contributed by atoms with Gasteiger partial charge in [-0.1, -0.05) is 18.2 Å². The molecule has 0 saturated heterocycles. The maximum Gasteiger partial charge on any atom is 0.416 e. The Balaban J connectivity index is 2.28. The van der Waals surface area contributed by atoms with Crippen molar-refractivity contribution < 1.29 is 23.1 Å². The zero-order chi connectivity index (χ0) is 15.2. The van der Waals surface area contributed by atoms with Crippen LogP contribution >= 0.6 is 0 Å². The van der Waals surface area contributed by atoms with Gasteiger partial charge in [-0.3, -0.25) is 4.79 Å². The molecule has 0 radical (unpaired) electrons. The fourth-order valence-electron chi connectivity index (χ4n) is 2.47. The van der Waals surface area contributed by atoms with Crippen molar-refractivity contribution in [2.75, 3.05) is 0 Å². The van der Waals surface area contributed by atoms with E-state index in [1.54, 1.807) is 18.2 Å². The molecule has 0 aliphatic rings. The Kier molecular flexibility index (Phi) is 2.90. The van der Waals surface area contributed by atoms with E-state index in [0.717, 1.165) is 12.1 Å². The Morgan fingerprint density at radius 2 is 1.90 bits per heavy atom. The van der Waals surface area contributed by atoms with Gasteiger partial charge in [-0.05, 0) is 23.8 Å². The average Bonchev–Trinajstić information content (AvgIpc) is 2.76. The number of alkyl halides is 3. The molecule has 0 atom stereocenters. The van der Waals surface area contributed by atoms with Crippen molar-refractivity contribution in [3.63, 3.8) is 0 Å². The van der Waals surface area contributed by atoms with Crippen LogP contribution in [0.25, 0.3) is 21.8 Å². The van der Waals surface area contributed by atoms with E-state index in [0.29, 0.717) is 27.4 Å². The Hall–Kier alpha value is -2.50. The largest absolute Gasteiger partial charge is 0.481 e. The predicted molar refractivity (Wildman–Crippen MR) is 72.1 cm³/mol. The van der Waals surface area contributed by atoms with Crippen molar-refractivity contribution in [1.82, 2.24) is 4.98 Å². The van der Waals surface area contributed by atoms with Crippen LogP contribution in [0.3, 0.4) is 0 Å². The molecule has 1 aromatic heterocycles. The van der Waals surface area contributed by atoms with Crippen molar-refractivity contribution in [1.29, 1.82) is 0 Å². The lowest BCUT2D eigenvalue weighted by molar-refractivity contribution is -0.138. The third-order valence-electron chi connectivity index (χ3n) is 3.39. The van der Waals surface area contributed by atoms with Gasteiger partial charge < -0.3 is 10.1 Å². The normalized spacial score (nSPS) is 12.1. The van der Waals surface area contributed by atoms with Crippen LogP contribution in [0.1, 0.15) is 11.1 Å². The summed E-state index contributed by atoms with van der Waals surface area (Å²) in [5, 5.41) is 9.92. The maximum absolute atomic E-state index is 12.8. The standard InChI is InChI=1S/C15H10F3NO2/c16-15(17,18)9-4-5-12-11(7-9)10-3-1-2-8(6-13(20)21)14(10)19-12/h1-5,7,19H,6H2,(H,20,21). The van der Waals surface area contributed by atoms with Gasteiger partial charge in [0.15, 0.2) is 0 Å². The number of H-pyrrole nitrogens is 1. The zero-order valence-electron chi connectivity index (χ0n) is 10.7. The zero-order valence-corrected chi connectivity index (χ0v) is 10.7. The molecule has 0 bridgehead atoms.